The summed E-state index contributed by atoms with van der Waals surface area (Å²) in [4.78, 5) is 11.9. The summed E-state index contributed by atoms with van der Waals surface area (Å²) in [6, 6.07) is 13.1. The van der Waals surface area contributed by atoms with Gasteiger partial charge in [0.15, 0.2) is 5.78 Å². The highest BCUT2D eigenvalue weighted by Gasteiger charge is 2.15. The van der Waals surface area contributed by atoms with Crippen molar-refractivity contribution in [3.8, 4) is 0 Å². The van der Waals surface area contributed by atoms with Gasteiger partial charge in [-0.3, -0.25) is 9.52 Å². The molecule has 2 aromatic rings. The molecule has 22 heavy (non-hydrogen) atoms. The first kappa shape index (κ1) is 16.2. The van der Waals surface area contributed by atoms with Crippen molar-refractivity contribution >= 4 is 21.5 Å². The van der Waals surface area contributed by atoms with E-state index in [-0.39, 0.29) is 10.7 Å². The van der Waals surface area contributed by atoms with Crippen LogP contribution in [0.5, 0.6) is 0 Å². The Morgan fingerprint density at radius 1 is 1.00 bits per heavy atom. The monoisotopic (exact) mass is 317 g/mol. The molecule has 0 fully saturated rings. The van der Waals surface area contributed by atoms with Crippen molar-refractivity contribution in [2.24, 2.45) is 0 Å². The number of nitrogens with one attached hydrogen (secondary N) is 1. The number of hydrogen-bond donors (Lipinski definition) is 1. The third kappa shape index (κ3) is 3.95. The minimum atomic E-state index is -3.64. The van der Waals surface area contributed by atoms with E-state index in [4.69, 9.17) is 0 Å². The summed E-state index contributed by atoms with van der Waals surface area (Å²) in [5.41, 5.74) is 2.11. The number of ketones is 1. The Morgan fingerprint density at radius 2 is 1.59 bits per heavy atom. The van der Waals surface area contributed by atoms with Gasteiger partial charge in [-0.25, -0.2) is 8.42 Å². The van der Waals surface area contributed by atoms with Crippen molar-refractivity contribution in [2.75, 3.05) is 4.72 Å². The largest absolute Gasteiger partial charge is 0.294 e. The molecule has 2 aromatic carbocycles. The van der Waals surface area contributed by atoms with E-state index in [0.29, 0.717) is 17.7 Å². The fraction of sp³-hybridized carbons (Fsp3) is 0.235. The van der Waals surface area contributed by atoms with E-state index in [9.17, 15) is 13.2 Å². The molecule has 0 radical (unpaired) electrons. The van der Waals surface area contributed by atoms with Crippen molar-refractivity contribution in [2.45, 2.75) is 31.6 Å². The van der Waals surface area contributed by atoms with Crippen LogP contribution in [0.2, 0.25) is 0 Å². The van der Waals surface area contributed by atoms with E-state index in [0.717, 1.165) is 12.0 Å². The molecule has 0 aliphatic rings. The predicted molar refractivity (Wildman–Crippen MR) is 87.7 cm³/mol. The van der Waals surface area contributed by atoms with Crippen molar-refractivity contribution < 1.29 is 13.2 Å². The third-order valence-corrected chi connectivity index (χ3v) is 4.66. The van der Waals surface area contributed by atoms with Gasteiger partial charge in [0.2, 0.25) is 0 Å². The molecule has 0 spiro atoms. The molecule has 0 aliphatic carbocycles. The van der Waals surface area contributed by atoms with Crippen LogP contribution < -0.4 is 4.72 Å². The van der Waals surface area contributed by atoms with E-state index >= 15 is 0 Å². The van der Waals surface area contributed by atoms with E-state index in [1.807, 2.05) is 26.0 Å². The second-order valence-electron chi connectivity index (χ2n) is 5.17. The van der Waals surface area contributed by atoms with Crippen molar-refractivity contribution in [3.05, 3.63) is 59.7 Å². The number of benzene rings is 2. The third-order valence-electron chi connectivity index (χ3n) is 3.27. The van der Waals surface area contributed by atoms with Crippen LogP contribution >= 0.6 is 0 Å². The quantitative estimate of drug-likeness (QED) is 0.825. The van der Waals surface area contributed by atoms with Crippen LogP contribution in [-0.4, -0.2) is 14.2 Å². The zero-order valence-corrected chi connectivity index (χ0v) is 13.5. The second-order valence-corrected chi connectivity index (χ2v) is 6.85. The van der Waals surface area contributed by atoms with Gasteiger partial charge in [-0.1, -0.05) is 36.8 Å². The molecular weight excluding hydrogens is 298 g/mol. The summed E-state index contributed by atoms with van der Waals surface area (Å²) in [5.74, 6) is 0.0259. The second kappa shape index (κ2) is 6.75. The van der Waals surface area contributed by atoms with E-state index in [1.54, 1.807) is 24.3 Å². The summed E-state index contributed by atoms with van der Waals surface area (Å²) < 4.78 is 27.1. The van der Waals surface area contributed by atoms with Gasteiger partial charge >= 0.3 is 0 Å². The number of Topliss-reactive ketones (excluding diaryl/α,β-unsaturated/α-hetero) is 1. The molecule has 0 aromatic heterocycles. The number of rotatable bonds is 6. The van der Waals surface area contributed by atoms with Gasteiger partial charge in [0.25, 0.3) is 10.0 Å². The zero-order chi connectivity index (χ0) is 16.2. The lowest BCUT2D eigenvalue weighted by Gasteiger charge is -2.09. The molecule has 0 saturated carbocycles. The molecule has 4 nitrogen and oxygen atoms in total. The standard InChI is InChI=1S/C17H19NO3S/c1-3-4-17(19)14-7-11-16(12-8-14)22(20,21)18-15-9-5-13(2)6-10-15/h5-12,18H,3-4H2,1-2H3. The molecule has 1 N–H and O–H groups in total. The summed E-state index contributed by atoms with van der Waals surface area (Å²) >= 11 is 0. The van der Waals surface area contributed by atoms with Crippen LogP contribution in [0, 0.1) is 6.92 Å². The highest BCUT2D eigenvalue weighted by Crippen LogP contribution is 2.17. The van der Waals surface area contributed by atoms with Crippen molar-refractivity contribution in [3.63, 3.8) is 0 Å². The molecule has 0 amide bonds. The normalized spacial score (nSPS) is 11.2. The predicted octanol–water partition coefficient (Wildman–Crippen LogP) is 3.78. The van der Waals surface area contributed by atoms with Crippen LogP contribution in [0.1, 0.15) is 35.7 Å². The maximum Gasteiger partial charge on any atom is 0.261 e. The van der Waals surface area contributed by atoms with E-state index in [1.165, 1.54) is 12.1 Å². The molecule has 2 rings (SSSR count). The maximum atomic E-state index is 12.3. The van der Waals surface area contributed by atoms with Gasteiger partial charge in [-0.2, -0.15) is 0 Å². The number of anilines is 1. The highest BCUT2D eigenvalue weighted by molar-refractivity contribution is 7.92. The van der Waals surface area contributed by atoms with Gasteiger partial charge in [0, 0.05) is 17.7 Å². The Labute approximate surface area is 131 Å². The van der Waals surface area contributed by atoms with Crippen molar-refractivity contribution in [1.82, 2.24) is 0 Å². The first-order chi connectivity index (χ1) is 10.4. The SMILES string of the molecule is CCCC(=O)c1ccc(S(=O)(=O)Nc2ccc(C)cc2)cc1. The number of carbonyl (C=O) groups excluding carboxylic acids is 1. The smallest absolute Gasteiger partial charge is 0.261 e. The lowest BCUT2D eigenvalue weighted by atomic mass is 10.1. The minimum absolute atomic E-state index is 0.0259. The molecule has 5 heteroatoms. The summed E-state index contributed by atoms with van der Waals surface area (Å²) in [5, 5.41) is 0. The average Bonchev–Trinajstić information content (AvgIpc) is 2.50. The molecule has 0 aliphatic heterocycles. The first-order valence-corrected chi connectivity index (χ1v) is 8.63. The lowest BCUT2D eigenvalue weighted by molar-refractivity contribution is 0.0981. The molecule has 116 valence electrons. The van der Waals surface area contributed by atoms with E-state index < -0.39 is 10.0 Å². The van der Waals surface area contributed by atoms with E-state index in [2.05, 4.69) is 4.72 Å². The fourth-order valence-electron chi connectivity index (χ4n) is 2.03. The van der Waals surface area contributed by atoms with Gasteiger partial charge in [-0.15, -0.1) is 0 Å². The fourth-order valence-corrected chi connectivity index (χ4v) is 3.09. The molecule has 0 unspecified atom stereocenters. The molecule has 0 saturated heterocycles. The average molecular weight is 317 g/mol. The van der Waals surface area contributed by atoms with Gasteiger partial charge < -0.3 is 0 Å². The highest BCUT2D eigenvalue weighted by atomic mass is 32.2. The van der Waals surface area contributed by atoms with Crippen LogP contribution in [0.4, 0.5) is 5.69 Å². The van der Waals surface area contributed by atoms with Gasteiger partial charge in [-0.05, 0) is 37.6 Å². The minimum Gasteiger partial charge on any atom is -0.294 e. The first-order valence-electron chi connectivity index (χ1n) is 7.15. The van der Waals surface area contributed by atoms with Crippen molar-refractivity contribution in [1.29, 1.82) is 0 Å². The van der Waals surface area contributed by atoms with Crippen LogP contribution in [0.15, 0.2) is 53.4 Å². The number of aryl methyl sites for hydroxylation is 1. The topological polar surface area (TPSA) is 63.2 Å². The van der Waals surface area contributed by atoms with Gasteiger partial charge in [0.05, 0.1) is 4.90 Å². The molecule has 0 atom stereocenters. The van der Waals surface area contributed by atoms with Crippen LogP contribution in [0.3, 0.4) is 0 Å². The molecule has 0 heterocycles. The summed E-state index contributed by atoms with van der Waals surface area (Å²) in [7, 11) is -3.64. The maximum absolute atomic E-state index is 12.3. The number of hydrogen-bond acceptors (Lipinski definition) is 3. The number of carbonyl (C=O) groups is 1. The summed E-state index contributed by atoms with van der Waals surface area (Å²) in [6.45, 7) is 3.87. The molecule has 0 bridgehead atoms. The zero-order valence-electron chi connectivity index (χ0n) is 12.7. The molecular formula is C17H19NO3S. The Balaban J connectivity index is 2.19. The Hall–Kier alpha value is -2.14. The Morgan fingerprint density at radius 3 is 2.14 bits per heavy atom. The summed E-state index contributed by atoms with van der Waals surface area (Å²) in [6.07, 6.45) is 1.24. The lowest BCUT2D eigenvalue weighted by Crippen LogP contribution is -2.13. The van der Waals surface area contributed by atoms with Gasteiger partial charge in [0.1, 0.15) is 0 Å². The van der Waals surface area contributed by atoms with Crippen LogP contribution in [-0.2, 0) is 10.0 Å². The number of sulfonamides is 1. The van der Waals surface area contributed by atoms with Crippen LogP contribution in [0.25, 0.3) is 0 Å². The Kier molecular flexibility index (Phi) is 4.98. The Bertz CT molecular complexity index is 747.